The third-order valence-electron chi connectivity index (χ3n) is 6.50. The van der Waals surface area contributed by atoms with Crippen LogP contribution < -0.4 is 16.6 Å². The molecular formula is C24H28F6N4O13. The van der Waals surface area contributed by atoms with Crippen LogP contribution in [-0.2, 0) is 49.4 Å². The average Bonchev–Trinajstić information content (AvgIpc) is 3.32. The summed E-state index contributed by atoms with van der Waals surface area (Å²) in [6.07, 6.45) is -21.2. The summed E-state index contributed by atoms with van der Waals surface area (Å²) < 4.78 is 108. The molecule has 0 spiro atoms. The molecule has 0 aromatic carbocycles. The van der Waals surface area contributed by atoms with Crippen molar-refractivity contribution in [1.82, 2.24) is 14.9 Å². The summed E-state index contributed by atoms with van der Waals surface area (Å²) in [5.41, 5.74) is -2.43. The third-order valence-corrected chi connectivity index (χ3v) is 6.50. The number of H-pyrrole nitrogens is 1. The predicted octanol–water partition coefficient (Wildman–Crippen LogP) is -1.11. The Labute approximate surface area is 258 Å². The van der Waals surface area contributed by atoms with Crippen molar-refractivity contribution in [2.45, 2.75) is 88.5 Å². The van der Waals surface area contributed by atoms with E-state index in [2.05, 4.69) is 9.73 Å². The molecule has 3 rings (SSSR count). The molecule has 4 N–H and O–H groups in total. The summed E-state index contributed by atoms with van der Waals surface area (Å²) in [5.74, 6) is -4.71. The molecule has 8 atom stereocenters. The zero-order valence-electron chi connectivity index (χ0n) is 24.1. The van der Waals surface area contributed by atoms with Gasteiger partial charge in [0.25, 0.3) is 5.56 Å². The Bertz CT molecular complexity index is 1430. The number of amides is 1. The van der Waals surface area contributed by atoms with Crippen molar-refractivity contribution in [2.24, 2.45) is 4.99 Å². The van der Waals surface area contributed by atoms with E-state index < -0.39 is 110 Å². The van der Waals surface area contributed by atoms with Gasteiger partial charge < -0.3 is 44.0 Å². The van der Waals surface area contributed by atoms with Gasteiger partial charge in [-0.05, 0) is 0 Å². The minimum Gasteiger partial charge on any atom is -0.456 e. The predicted molar refractivity (Wildman–Crippen MR) is 136 cm³/mol. The first-order valence-corrected chi connectivity index (χ1v) is 13.3. The maximum Gasteiger partial charge on any atom is 0.573 e. The molecule has 0 unspecified atom stereocenters. The van der Waals surface area contributed by atoms with Crippen molar-refractivity contribution < 1.29 is 79.4 Å². The van der Waals surface area contributed by atoms with Gasteiger partial charge in [0.1, 0.15) is 24.5 Å². The number of aliphatic hydroxyl groups is 2. The van der Waals surface area contributed by atoms with Crippen molar-refractivity contribution in [2.75, 3.05) is 13.2 Å². The molecule has 2 saturated heterocycles. The van der Waals surface area contributed by atoms with Gasteiger partial charge in [-0.25, -0.2) is 9.79 Å². The van der Waals surface area contributed by atoms with E-state index in [1.807, 2.05) is 4.98 Å². The minimum atomic E-state index is -5.38. The maximum atomic E-state index is 12.9. The Hall–Kier alpha value is -4.06. The van der Waals surface area contributed by atoms with Crippen LogP contribution in [0.2, 0.25) is 0 Å². The maximum absolute atomic E-state index is 12.9. The van der Waals surface area contributed by atoms with Crippen molar-refractivity contribution in [3.05, 3.63) is 32.6 Å². The van der Waals surface area contributed by atoms with Crippen LogP contribution in [0.15, 0.2) is 20.8 Å². The molecule has 2 aliphatic rings. The molecule has 0 saturated carbocycles. The van der Waals surface area contributed by atoms with Crippen LogP contribution in [0.5, 0.6) is 0 Å². The Morgan fingerprint density at radius 2 is 1.72 bits per heavy atom. The van der Waals surface area contributed by atoms with Gasteiger partial charge in [-0.1, -0.05) is 0 Å². The Morgan fingerprint density at radius 1 is 1.09 bits per heavy atom. The number of nitrogens with one attached hydrogen (secondary N) is 2. The number of rotatable bonds is 11. The summed E-state index contributed by atoms with van der Waals surface area (Å²) in [6, 6.07) is -1.93. The number of alkyl halides is 6. The van der Waals surface area contributed by atoms with E-state index in [4.69, 9.17) is 23.7 Å². The zero-order valence-corrected chi connectivity index (χ0v) is 24.1. The molecule has 0 bridgehead atoms. The molecule has 2 fully saturated rings. The second kappa shape index (κ2) is 15.2. The van der Waals surface area contributed by atoms with E-state index in [9.17, 15) is 60.5 Å². The van der Waals surface area contributed by atoms with Gasteiger partial charge in [0, 0.05) is 33.0 Å². The smallest absolute Gasteiger partial charge is 0.456 e. The first kappa shape index (κ1) is 37.4. The van der Waals surface area contributed by atoms with Gasteiger partial charge in [0.05, 0.1) is 24.9 Å². The normalized spacial score (nSPS) is 28.2. The van der Waals surface area contributed by atoms with Crippen LogP contribution in [0.4, 0.5) is 26.3 Å². The number of aromatic nitrogens is 2. The molecule has 47 heavy (non-hydrogen) atoms. The third kappa shape index (κ3) is 10.2. The number of aliphatic hydroxyl groups excluding tert-OH is 2. The fraction of sp³-hybridized carbons (Fsp3) is 0.667. The van der Waals surface area contributed by atoms with E-state index in [-0.39, 0.29) is 18.4 Å². The molecule has 1 aromatic heterocycles. The number of nitrogens with zero attached hydrogens (tertiary/aromatic N) is 2. The van der Waals surface area contributed by atoms with Gasteiger partial charge in [-0.3, -0.25) is 28.7 Å². The number of hydrogen-bond acceptors (Lipinski definition) is 14. The van der Waals surface area contributed by atoms with E-state index in [1.165, 1.54) is 5.32 Å². The molecule has 0 aliphatic carbocycles. The summed E-state index contributed by atoms with van der Waals surface area (Å²) >= 11 is 0. The highest BCUT2D eigenvalue weighted by Crippen LogP contribution is 2.31. The molecule has 1 amide bonds. The topological polar surface area (TPSA) is 226 Å². The second-order valence-corrected chi connectivity index (χ2v) is 9.95. The van der Waals surface area contributed by atoms with E-state index in [0.29, 0.717) is 0 Å². The number of ether oxygens (including phenoxy) is 6. The van der Waals surface area contributed by atoms with Crippen molar-refractivity contribution in [3.8, 4) is 0 Å². The van der Waals surface area contributed by atoms with Gasteiger partial charge in [-0.2, -0.15) is 13.2 Å². The van der Waals surface area contributed by atoms with Crippen molar-refractivity contribution in [1.29, 1.82) is 0 Å². The van der Waals surface area contributed by atoms with Crippen molar-refractivity contribution in [3.63, 3.8) is 0 Å². The highest BCUT2D eigenvalue weighted by Gasteiger charge is 2.51. The van der Waals surface area contributed by atoms with Gasteiger partial charge in [0.15, 0.2) is 24.9 Å². The molecule has 1 aromatic rings. The zero-order chi connectivity index (χ0) is 35.3. The van der Waals surface area contributed by atoms with Gasteiger partial charge in [0.2, 0.25) is 0 Å². The first-order valence-electron chi connectivity index (χ1n) is 13.3. The molecule has 23 heteroatoms. The van der Waals surface area contributed by atoms with Crippen LogP contribution in [0.1, 0.15) is 32.1 Å². The van der Waals surface area contributed by atoms with Gasteiger partial charge >= 0.3 is 36.1 Å². The van der Waals surface area contributed by atoms with Crippen LogP contribution in [0.3, 0.4) is 0 Å². The number of esters is 2. The second-order valence-electron chi connectivity index (χ2n) is 9.95. The molecule has 3 heterocycles. The highest BCUT2D eigenvalue weighted by molar-refractivity contribution is 5.81. The lowest BCUT2D eigenvalue weighted by Crippen LogP contribution is -2.62. The number of hydrogen-bond donors (Lipinski definition) is 4. The van der Waals surface area contributed by atoms with Crippen LogP contribution >= 0.6 is 0 Å². The van der Waals surface area contributed by atoms with Crippen molar-refractivity contribution >= 4 is 24.2 Å². The summed E-state index contributed by atoms with van der Waals surface area (Å²) in [5, 5.41) is 20.8. The molecular weight excluding hydrogens is 666 g/mol. The monoisotopic (exact) mass is 694 g/mol. The molecule has 17 nitrogen and oxygen atoms in total. The molecule has 264 valence electrons. The number of halogens is 6. The number of aromatic amines is 1. The number of carbonyl (C=O) groups excluding carboxylic acids is 3. The Balaban J connectivity index is 2.00. The van der Waals surface area contributed by atoms with Crippen LogP contribution in [-0.4, -0.2) is 113 Å². The van der Waals surface area contributed by atoms with E-state index in [0.717, 1.165) is 24.6 Å². The summed E-state index contributed by atoms with van der Waals surface area (Å²) in [4.78, 5) is 65.8. The van der Waals surface area contributed by atoms with Gasteiger partial charge in [-0.15, -0.1) is 13.2 Å². The lowest BCUT2D eigenvalue weighted by atomic mass is 9.96. The summed E-state index contributed by atoms with van der Waals surface area (Å²) in [6.45, 7) is -0.885. The van der Waals surface area contributed by atoms with E-state index in [1.54, 1.807) is 0 Å². The average molecular weight is 694 g/mol. The fourth-order valence-corrected chi connectivity index (χ4v) is 4.53. The Kier molecular flexibility index (Phi) is 12.1. The minimum absolute atomic E-state index is 0.148. The quantitative estimate of drug-likeness (QED) is 0.0935. The standard InChI is InChI=1S/C24H28F6N4O13/c1-9(36)44-17-13(4-31-21(40)23(25,26)27)47-20(16(18(17)45-10(2)37)32-8-43-24(28,29)30)42-7-11-5-34(22(41)33-19(11)39)15-3-12(38)14(6-35)46-15/h5,8,12-18,20,35,38H,3-4,6-7H2,1-2H3,(H,31,40)(H,33,39,41)/t12-,13-,14-,15-,16-,17-,18-,20-/m1/s1. The lowest BCUT2D eigenvalue weighted by Gasteiger charge is -2.43. The highest BCUT2D eigenvalue weighted by atomic mass is 19.4. The first-order chi connectivity index (χ1) is 21.8. The largest absolute Gasteiger partial charge is 0.573 e. The van der Waals surface area contributed by atoms with Crippen LogP contribution in [0, 0.1) is 0 Å². The Morgan fingerprint density at radius 3 is 2.28 bits per heavy atom. The molecule has 2 aliphatic heterocycles. The number of carbonyl (C=O) groups is 3. The summed E-state index contributed by atoms with van der Waals surface area (Å²) in [7, 11) is 0. The SMILES string of the molecule is CC(=O)O[C@@H]1[C@@H](N=COC(F)(F)F)[C@H](OCc2cn([C@H]3C[C@@H](O)[C@@H](CO)O3)c(=O)[nH]c2=O)O[C@H](CNC(=O)C(F)(F)F)[C@H]1OC(C)=O. The molecule has 0 radical (unpaired) electrons. The lowest BCUT2D eigenvalue weighted by molar-refractivity contribution is -0.282. The fourth-order valence-electron chi connectivity index (χ4n) is 4.53. The van der Waals surface area contributed by atoms with Crippen LogP contribution in [0.25, 0.3) is 0 Å². The van der Waals surface area contributed by atoms with E-state index >= 15 is 0 Å². The number of aliphatic imine (C=N–C) groups is 1.